The molecule has 0 bridgehead atoms. The highest BCUT2D eigenvalue weighted by Gasteiger charge is 2.58. The molecule has 0 aromatic carbocycles. The maximum atomic E-state index is 12.5. The lowest BCUT2D eigenvalue weighted by Gasteiger charge is -2.25. The summed E-state index contributed by atoms with van der Waals surface area (Å²) in [6, 6.07) is 0. The summed E-state index contributed by atoms with van der Waals surface area (Å²) < 4.78 is 57.0. The quantitative estimate of drug-likeness (QED) is 0.693. The molecule has 8 heteroatoms. The van der Waals surface area contributed by atoms with Crippen molar-refractivity contribution in [1.29, 1.82) is 0 Å². The zero-order valence-corrected chi connectivity index (χ0v) is 10.0. The Kier molecular flexibility index (Phi) is 5.80. The van der Waals surface area contributed by atoms with E-state index in [9.17, 15) is 13.2 Å². The van der Waals surface area contributed by atoms with Crippen LogP contribution in [0, 0.1) is 0 Å². The van der Waals surface area contributed by atoms with Gasteiger partial charge in [-0.2, -0.15) is 13.2 Å². The third-order valence-electron chi connectivity index (χ3n) is 2.36. The Morgan fingerprint density at radius 1 is 1.28 bits per heavy atom. The van der Waals surface area contributed by atoms with E-state index in [1.165, 1.54) is 0 Å². The molecule has 0 amide bonds. The van der Waals surface area contributed by atoms with E-state index in [2.05, 4.69) is 4.74 Å². The van der Waals surface area contributed by atoms with Gasteiger partial charge in [0.2, 0.25) is 0 Å². The molecule has 18 heavy (non-hydrogen) atoms. The van der Waals surface area contributed by atoms with Crippen molar-refractivity contribution in [3.05, 3.63) is 0 Å². The van der Waals surface area contributed by atoms with E-state index in [0.717, 1.165) is 6.92 Å². The number of hydrogen-bond acceptors (Lipinski definition) is 5. The predicted octanol–water partition coefficient (Wildman–Crippen LogP) is 0.706. The number of alkyl halides is 3. The first-order valence-corrected chi connectivity index (χ1v) is 5.54. The van der Waals surface area contributed by atoms with Crippen LogP contribution < -0.4 is 0 Å². The fraction of sp³-hybridized carbons (Fsp3) is 1.00. The lowest BCUT2D eigenvalue weighted by Crippen LogP contribution is -2.44. The topological polar surface area (TPSA) is 57.2 Å². The summed E-state index contributed by atoms with van der Waals surface area (Å²) in [6.45, 7) is 1.31. The van der Waals surface area contributed by atoms with Gasteiger partial charge >= 0.3 is 6.18 Å². The van der Waals surface area contributed by atoms with Crippen LogP contribution in [0.2, 0.25) is 0 Å². The summed E-state index contributed by atoms with van der Waals surface area (Å²) in [5, 5.41) is 8.42. The number of aliphatic hydroxyl groups is 1. The molecule has 1 fully saturated rings. The Bertz CT molecular complexity index is 248. The Labute approximate surface area is 103 Å². The van der Waals surface area contributed by atoms with E-state index >= 15 is 0 Å². The molecule has 1 rings (SSSR count). The lowest BCUT2D eigenvalue weighted by molar-refractivity contribution is -0.339. The van der Waals surface area contributed by atoms with Gasteiger partial charge in [-0.3, -0.25) is 0 Å². The second-order valence-electron chi connectivity index (χ2n) is 3.91. The molecule has 0 aliphatic carbocycles. The fourth-order valence-corrected chi connectivity index (χ4v) is 1.37. The minimum atomic E-state index is -4.56. The monoisotopic (exact) mass is 274 g/mol. The van der Waals surface area contributed by atoms with Crippen LogP contribution in [-0.2, 0) is 18.9 Å². The molecule has 2 atom stereocenters. The van der Waals surface area contributed by atoms with Crippen LogP contribution in [0.25, 0.3) is 0 Å². The number of hydrogen-bond donors (Lipinski definition) is 1. The van der Waals surface area contributed by atoms with Crippen molar-refractivity contribution >= 4 is 0 Å². The number of rotatable bonds is 7. The van der Waals surface area contributed by atoms with Gasteiger partial charge in [0.1, 0.15) is 6.10 Å². The molecule has 0 spiro atoms. The summed E-state index contributed by atoms with van der Waals surface area (Å²) in [7, 11) is 0. The van der Waals surface area contributed by atoms with Crippen LogP contribution in [0.1, 0.15) is 6.92 Å². The molecular formula is C10H17F3O5. The van der Waals surface area contributed by atoms with Gasteiger partial charge in [0.25, 0.3) is 5.79 Å². The van der Waals surface area contributed by atoms with Crippen LogP contribution in [0.15, 0.2) is 0 Å². The summed E-state index contributed by atoms with van der Waals surface area (Å²) >= 11 is 0. The zero-order chi connectivity index (χ0) is 13.6. The predicted molar refractivity (Wildman–Crippen MR) is 54.0 cm³/mol. The Hall–Kier alpha value is -0.410. The largest absolute Gasteiger partial charge is 0.442 e. The normalized spacial score (nSPS) is 28.8. The minimum absolute atomic E-state index is 0.00809. The van der Waals surface area contributed by atoms with E-state index in [0.29, 0.717) is 0 Å². The summed E-state index contributed by atoms with van der Waals surface area (Å²) in [4.78, 5) is 0. The van der Waals surface area contributed by atoms with E-state index in [1.807, 2.05) is 0 Å². The van der Waals surface area contributed by atoms with Gasteiger partial charge in [0, 0.05) is 0 Å². The maximum Gasteiger partial charge on any atom is 0.442 e. The molecule has 0 aromatic heterocycles. The Morgan fingerprint density at radius 2 is 1.94 bits per heavy atom. The second-order valence-corrected chi connectivity index (χ2v) is 3.91. The van der Waals surface area contributed by atoms with Crippen molar-refractivity contribution in [2.45, 2.75) is 25.0 Å². The average Bonchev–Trinajstić information content (AvgIpc) is 2.66. The van der Waals surface area contributed by atoms with Crippen molar-refractivity contribution in [3.8, 4) is 0 Å². The zero-order valence-electron chi connectivity index (χ0n) is 10.0. The highest BCUT2D eigenvalue weighted by Crippen LogP contribution is 2.38. The Morgan fingerprint density at radius 3 is 2.50 bits per heavy atom. The van der Waals surface area contributed by atoms with E-state index in [-0.39, 0.29) is 39.6 Å². The number of halogens is 3. The van der Waals surface area contributed by atoms with Gasteiger partial charge in [0.15, 0.2) is 0 Å². The van der Waals surface area contributed by atoms with Crippen LogP contribution in [-0.4, -0.2) is 62.8 Å². The van der Waals surface area contributed by atoms with Crippen LogP contribution >= 0.6 is 0 Å². The molecular weight excluding hydrogens is 257 g/mol. The van der Waals surface area contributed by atoms with Gasteiger partial charge in [0.05, 0.1) is 39.6 Å². The first-order chi connectivity index (χ1) is 8.39. The molecule has 108 valence electrons. The van der Waals surface area contributed by atoms with Crippen molar-refractivity contribution < 1.29 is 37.2 Å². The van der Waals surface area contributed by atoms with Crippen LogP contribution in [0.3, 0.4) is 0 Å². The van der Waals surface area contributed by atoms with E-state index in [1.54, 1.807) is 0 Å². The summed E-state index contributed by atoms with van der Waals surface area (Å²) in [6.07, 6.45) is -5.30. The smallest absolute Gasteiger partial charge is 0.394 e. The lowest BCUT2D eigenvalue weighted by atomic mass is 10.3. The molecule has 2 unspecified atom stereocenters. The minimum Gasteiger partial charge on any atom is -0.394 e. The second kappa shape index (κ2) is 6.67. The number of ether oxygens (including phenoxy) is 4. The van der Waals surface area contributed by atoms with E-state index < -0.39 is 18.1 Å². The van der Waals surface area contributed by atoms with Gasteiger partial charge in [-0.15, -0.1) is 0 Å². The van der Waals surface area contributed by atoms with Gasteiger partial charge < -0.3 is 24.1 Å². The Balaban J connectivity index is 2.15. The average molecular weight is 274 g/mol. The molecule has 5 nitrogen and oxygen atoms in total. The first-order valence-electron chi connectivity index (χ1n) is 5.54. The van der Waals surface area contributed by atoms with Crippen molar-refractivity contribution in [2.24, 2.45) is 0 Å². The third kappa shape index (κ3) is 4.36. The molecule has 0 saturated carbocycles. The SMILES string of the molecule is CC1(C(F)(F)F)OCC(COCCOCCO)O1. The molecule has 1 N–H and O–H groups in total. The molecule has 0 aromatic rings. The van der Waals surface area contributed by atoms with Crippen molar-refractivity contribution in [2.75, 3.05) is 39.6 Å². The first kappa shape index (κ1) is 15.6. The number of aliphatic hydroxyl groups excluding tert-OH is 1. The summed E-state index contributed by atoms with van der Waals surface area (Å²) in [5.74, 6) is -2.55. The third-order valence-corrected chi connectivity index (χ3v) is 2.36. The van der Waals surface area contributed by atoms with Crippen LogP contribution in [0.5, 0.6) is 0 Å². The van der Waals surface area contributed by atoms with Crippen molar-refractivity contribution in [3.63, 3.8) is 0 Å². The fourth-order valence-electron chi connectivity index (χ4n) is 1.37. The molecule has 0 radical (unpaired) electrons. The van der Waals surface area contributed by atoms with Crippen molar-refractivity contribution in [1.82, 2.24) is 0 Å². The summed E-state index contributed by atoms with van der Waals surface area (Å²) in [5.41, 5.74) is 0. The standard InChI is InChI=1S/C10H17F3O5/c1-9(10(11,12)13)17-7-8(18-9)6-16-5-4-15-3-2-14/h8,14H,2-7H2,1H3. The molecule has 1 heterocycles. The molecule has 1 saturated heterocycles. The highest BCUT2D eigenvalue weighted by molar-refractivity contribution is 4.81. The van der Waals surface area contributed by atoms with Crippen LogP contribution in [0.4, 0.5) is 13.2 Å². The van der Waals surface area contributed by atoms with Gasteiger partial charge in [-0.1, -0.05) is 0 Å². The van der Waals surface area contributed by atoms with E-state index in [4.69, 9.17) is 19.3 Å². The maximum absolute atomic E-state index is 12.5. The molecule has 1 aliphatic rings. The molecule has 1 aliphatic heterocycles. The highest BCUT2D eigenvalue weighted by atomic mass is 19.4. The van der Waals surface area contributed by atoms with Gasteiger partial charge in [-0.05, 0) is 6.92 Å². The van der Waals surface area contributed by atoms with Gasteiger partial charge in [-0.25, -0.2) is 0 Å².